The van der Waals surface area contributed by atoms with Crippen molar-refractivity contribution >= 4 is 17.2 Å². The summed E-state index contributed by atoms with van der Waals surface area (Å²) in [6, 6.07) is 8.70. The SMILES string of the molecule is O=C(C1CC1c1ccc(F)cc1)N1CCc2sccc2C1. The number of hydrogen-bond acceptors (Lipinski definition) is 2. The molecule has 2 nitrogen and oxygen atoms in total. The molecule has 1 aromatic heterocycles. The first-order valence-electron chi connectivity index (χ1n) is 7.32. The van der Waals surface area contributed by atoms with Gasteiger partial charge in [0.05, 0.1) is 0 Å². The number of rotatable bonds is 2. The van der Waals surface area contributed by atoms with Gasteiger partial charge in [-0.15, -0.1) is 11.3 Å². The molecule has 0 saturated heterocycles. The van der Waals surface area contributed by atoms with Gasteiger partial charge >= 0.3 is 0 Å². The third kappa shape index (κ3) is 2.38. The fourth-order valence-corrected chi connectivity index (χ4v) is 4.11. The number of halogens is 1. The highest BCUT2D eigenvalue weighted by Crippen LogP contribution is 2.48. The Morgan fingerprint density at radius 1 is 1.24 bits per heavy atom. The lowest BCUT2D eigenvalue weighted by molar-refractivity contribution is -0.133. The zero-order valence-corrected chi connectivity index (χ0v) is 12.4. The molecular formula is C17H16FNOS. The molecule has 0 radical (unpaired) electrons. The number of hydrogen-bond donors (Lipinski definition) is 0. The molecule has 0 N–H and O–H groups in total. The second kappa shape index (κ2) is 4.95. The summed E-state index contributed by atoms with van der Waals surface area (Å²) >= 11 is 1.79. The van der Waals surface area contributed by atoms with Crippen molar-refractivity contribution < 1.29 is 9.18 Å². The quantitative estimate of drug-likeness (QED) is 0.830. The van der Waals surface area contributed by atoms with Gasteiger partial charge in [-0.1, -0.05) is 12.1 Å². The molecule has 2 aliphatic rings. The molecule has 4 rings (SSSR count). The van der Waals surface area contributed by atoms with E-state index >= 15 is 0 Å². The predicted molar refractivity (Wildman–Crippen MR) is 80.7 cm³/mol. The van der Waals surface area contributed by atoms with Crippen LogP contribution in [-0.4, -0.2) is 17.4 Å². The minimum atomic E-state index is -0.219. The molecule has 108 valence electrons. The lowest BCUT2D eigenvalue weighted by Gasteiger charge is -2.27. The van der Waals surface area contributed by atoms with Crippen molar-refractivity contribution in [3.05, 3.63) is 57.5 Å². The maximum Gasteiger partial charge on any atom is 0.226 e. The predicted octanol–water partition coefficient (Wildman–Crippen LogP) is 3.58. The molecule has 1 aliphatic carbocycles. The second-order valence-corrected chi connectivity index (χ2v) is 6.88. The Labute approximate surface area is 127 Å². The highest BCUT2D eigenvalue weighted by atomic mass is 32.1. The minimum absolute atomic E-state index is 0.0932. The van der Waals surface area contributed by atoms with Gasteiger partial charge in [0.2, 0.25) is 5.91 Å². The van der Waals surface area contributed by atoms with Crippen LogP contribution in [0.15, 0.2) is 35.7 Å². The molecule has 1 fully saturated rings. The Balaban J connectivity index is 1.44. The molecule has 1 aromatic carbocycles. The Kier molecular flexibility index (Phi) is 3.07. The number of benzene rings is 1. The van der Waals surface area contributed by atoms with E-state index in [2.05, 4.69) is 11.4 Å². The molecule has 2 heterocycles. The lowest BCUT2D eigenvalue weighted by Crippen LogP contribution is -2.36. The number of carbonyl (C=O) groups excluding carboxylic acids is 1. The van der Waals surface area contributed by atoms with Crippen molar-refractivity contribution in [1.82, 2.24) is 4.90 Å². The van der Waals surface area contributed by atoms with E-state index in [0.29, 0.717) is 0 Å². The summed E-state index contributed by atoms with van der Waals surface area (Å²) in [6.07, 6.45) is 1.88. The first-order chi connectivity index (χ1) is 10.2. The van der Waals surface area contributed by atoms with Crippen LogP contribution in [0.25, 0.3) is 0 Å². The summed E-state index contributed by atoms with van der Waals surface area (Å²) in [5, 5.41) is 2.11. The van der Waals surface area contributed by atoms with Gasteiger partial charge in [-0.2, -0.15) is 0 Å². The van der Waals surface area contributed by atoms with Crippen LogP contribution in [0.3, 0.4) is 0 Å². The van der Waals surface area contributed by atoms with Crippen molar-refractivity contribution in [3.8, 4) is 0 Å². The number of nitrogens with zero attached hydrogens (tertiary/aromatic N) is 1. The van der Waals surface area contributed by atoms with Crippen molar-refractivity contribution in [2.75, 3.05) is 6.54 Å². The summed E-state index contributed by atoms with van der Waals surface area (Å²) in [6.45, 7) is 1.59. The van der Waals surface area contributed by atoms with Gasteiger partial charge in [-0.05, 0) is 53.5 Å². The van der Waals surface area contributed by atoms with Gasteiger partial charge in [0.1, 0.15) is 5.82 Å². The second-order valence-electron chi connectivity index (χ2n) is 5.88. The Bertz CT molecular complexity index is 678. The van der Waals surface area contributed by atoms with Gasteiger partial charge in [-0.25, -0.2) is 4.39 Å². The van der Waals surface area contributed by atoms with E-state index < -0.39 is 0 Å². The fourth-order valence-electron chi connectivity index (χ4n) is 3.22. The first-order valence-corrected chi connectivity index (χ1v) is 8.20. The van der Waals surface area contributed by atoms with Crippen LogP contribution in [0.2, 0.25) is 0 Å². The van der Waals surface area contributed by atoms with Crippen molar-refractivity contribution in [2.24, 2.45) is 5.92 Å². The topological polar surface area (TPSA) is 20.3 Å². The van der Waals surface area contributed by atoms with Gasteiger partial charge in [0.15, 0.2) is 0 Å². The zero-order chi connectivity index (χ0) is 14.4. The van der Waals surface area contributed by atoms with Crippen LogP contribution in [-0.2, 0) is 17.8 Å². The molecule has 1 amide bonds. The molecule has 21 heavy (non-hydrogen) atoms. The number of amides is 1. The Morgan fingerprint density at radius 2 is 2.05 bits per heavy atom. The van der Waals surface area contributed by atoms with Crippen LogP contribution in [0.4, 0.5) is 4.39 Å². The number of fused-ring (bicyclic) bond motifs is 1. The van der Waals surface area contributed by atoms with Crippen molar-refractivity contribution in [1.29, 1.82) is 0 Å². The normalized spacial score (nSPS) is 23.8. The molecule has 4 heteroatoms. The monoisotopic (exact) mass is 301 g/mol. The summed E-state index contributed by atoms with van der Waals surface area (Å²) < 4.78 is 13.0. The van der Waals surface area contributed by atoms with Gasteiger partial charge < -0.3 is 4.90 Å². The molecule has 0 bridgehead atoms. The number of carbonyl (C=O) groups is 1. The summed E-state index contributed by atoms with van der Waals surface area (Å²) in [7, 11) is 0. The average Bonchev–Trinajstić information content (AvgIpc) is 3.16. The summed E-state index contributed by atoms with van der Waals surface area (Å²) in [5.41, 5.74) is 2.39. The van der Waals surface area contributed by atoms with E-state index in [-0.39, 0.29) is 23.6 Å². The van der Waals surface area contributed by atoms with E-state index in [9.17, 15) is 9.18 Å². The van der Waals surface area contributed by atoms with Crippen LogP contribution in [0.1, 0.15) is 28.3 Å². The highest BCUT2D eigenvalue weighted by molar-refractivity contribution is 7.10. The van der Waals surface area contributed by atoms with Crippen LogP contribution >= 0.6 is 11.3 Å². The zero-order valence-electron chi connectivity index (χ0n) is 11.6. The molecule has 2 aromatic rings. The molecule has 1 aliphatic heterocycles. The van der Waals surface area contributed by atoms with Gasteiger partial charge in [0, 0.05) is 23.9 Å². The molecule has 2 atom stereocenters. The maximum absolute atomic E-state index is 13.0. The van der Waals surface area contributed by atoms with Crippen LogP contribution in [0, 0.1) is 11.7 Å². The van der Waals surface area contributed by atoms with Crippen LogP contribution in [0.5, 0.6) is 0 Å². The van der Waals surface area contributed by atoms with E-state index in [1.165, 1.54) is 22.6 Å². The largest absolute Gasteiger partial charge is 0.338 e. The molecule has 1 saturated carbocycles. The molecular weight excluding hydrogens is 285 g/mol. The van der Waals surface area contributed by atoms with Gasteiger partial charge in [0.25, 0.3) is 0 Å². The smallest absolute Gasteiger partial charge is 0.226 e. The fraction of sp³-hybridized carbons (Fsp3) is 0.353. The number of thiophene rings is 1. The highest BCUT2D eigenvalue weighted by Gasteiger charge is 2.46. The minimum Gasteiger partial charge on any atom is -0.338 e. The van der Waals surface area contributed by atoms with E-state index in [0.717, 1.165) is 31.5 Å². The first kappa shape index (κ1) is 13.0. The van der Waals surface area contributed by atoms with E-state index in [1.807, 2.05) is 4.90 Å². The average molecular weight is 301 g/mol. The standard InChI is InChI=1S/C17H16FNOS/c18-13-3-1-11(2-4-13)14-9-15(14)17(20)19-7-5-16-12(10-19)6-8-21-16/h1-4,6,8,14-15H,5,7,9-10H2. The van der Waals surface area contributed by atoms with E-state index in [1.54, 1.807) is 23.5 Å². The third-order valence-electron chi connectivity index (χ3n) is 4.53. The van der Waals surface area contributed by atoms with Gasteiger partial charge in [-0.3, -0.25) is 4.79 Å². The molecule has 2 unspecified atom stereocenters. The summed E-state index contributed by atoms with van der Waals surface area (Å²) in [4.78, 5) is 16.0. The third-order valence-corrected chi connectivity index (χ3v) is 5.55. The summed E-state index contributed by atoms with van der Waals surface area (Å²) in [5.74, 6) is 0.419. The Morgan fingerprint density at radius 3 is 2.86 bits per heavy atom. The van der Waals surface area contributed by atoms with Crippen molar-refractivity contribution in [3.63, 3.8) is 0 Å². The lowest BCUT2D eigenvalue weighted by atomic mass is 10.1. The Hall–Kier alpha value is -1.68. The van der Waals surface area contributed by atoms with E-state index in [4.69, 9.17) is 0 Å². The van der Waals surface area contributed by atoms with Crippen molar-refractivity contribution in [2.45, 2.75) is 25.3 Å². The maximum atomic E-state index is 13.0. The van der Waals surface area contributed by atoms with Crippen LogP contribution < -0.4 is 0 Å². The molecule has 0 spiro atoms.